The number of amides is 2. The average molecular weight is 667 g/mol. The molecular weight excluding hydrogens is 627 g/mol. The van der Waals surface area contributed by atoms with Gasteiger partial charge in [-0.15, -0.1) is 0 Å². The van der Waals surface area contributed by atoms with Crippen LogP contribution in [0.5, 0.6) is 5.75 Å². The third-order valence-corrected chi connectivity index (χ3v) is 10.4. The maximum atomic E-state index is 12.5. The first-order valence-corrected chi connectivity index (χ1v) is 15.1. The largest absolute Gasteiger partial charge is 0.488 e. The summed E-state index contributed by atoms with van der Waals surface area (Å²) in [5, 5.41) is 19.8. The number of β-lactam (4-membered cyclic amide) rings is 1. The number of carboxylic acids is 1. The van der Waals surface area contributed by atoms with E-state index in [0.29, 0.717) is 12.1 Å². The van der Waals surface area contributed by atoms with Gasteiger partial charge in [-0.1, -0.05) is 19.1 Å². The maximum Gasteiger partial charge on any atom is 0.352 e. The minimum atomic E-state index is -1.14. The van der Waals surface area contributed by atoms with E-state index in [1.807, 2.05) is 13.0 Å². The van der Waals surface area contributed by atoms with Gasteiger partial charge in [-0.05, 0) is 58.9 Å². The fraction of sp³-hybridized carbons (Fsp3) is 0.552. The van der Waals surface area contributed by atoms with Gasteiger partial charge in [0.15, 0.2) is 6.54 Å². The highest BCUT2D eigenvalue weighted by molar-refractivity contribution is 14.1. The lowest BCUT2D eigenvalue weighted by Crippen LogP contribution is -2.76. The number of fused-ring (bicyclic) bond motifs is 4. The van der Waals surface area contributed by atoms with Crippen molar-refractivity contribution < 1.29 is 38.3 Å². The number of aliphatic carboxylic acids is 1. The molecule has 5 aliphatic rings. The Labute approximate surface area is 248 Å². The molecule has 5 heterocycles. The van der Waals surface area contributed by atoms with Crippen LogP contribution in [0.15, 0.2) is 41.6 Å². The Morgan fingerprint density at radius 3 is 2.42 bits per heavy atom. The van der Waals surface area contributed by atoms with E-state index >= 15 is 0 Å². The fourth-order valence-electron chi connectivity index (χ4n) is 7.16. The number of aliphatic hydroxyl groups is 1. The van der Waals surface area contributed by atoms with Crippen LogP contribution in [0.1, 0.15) is 19.4 Å². The number of carboxylic acid groups (broad SMARTS) is 1. The van der Waals surface area contributed by atoms with Crippen LogP contribution in [0.2, 0.25) is 0 Å². The zero-order valence-corrected chi connectivity index (χ0v) is 25.2. The molecule has 6 rings (SSSR count). The SMILES string of the molecule is CC(O)C1C(=O)N2C(C(=O)O)=C(C=CCOc3ccc(CC[N+]45CC[N+](CC(N)=O)(CC4)CC5)cc3I)[C@H](C)C12. The number of rotatable bonds is 11. The summed E-state index contributed by atoms with van der Waals surface area (Å²) in [4.78, 5) is 37.3. The van der Waals surface area contributed by atoms with Gasteiger partial charge in [0.2, 0.25) is 5.91 Å². The van der Waals surface area contributed by atoms with Crippen molar-refractivity contribution in [3.63, 3.8) is 0 Å². The number of nitrogens with zero attached hydrogens (tertiary/aromatic N) is 3. The van der Waals surface area contributed by atoms with Crippen molar-refractivity contribution in [2.45, 2.75) is 32.4 Å². The Kier molecular flexibility index (Phi) is 8.03. The molecule has 4 fully saturated rings. The van der Waals surface area contributed by atoms with Gasteiger partial charge in [0.1, 0.15) is 57.3 Å². The van der Waals surface area contributed by atoms with Gasteiger partial charge < -0.3 is 34.5 Å². The van der Waals surface area contributed by atoms with E-state index in [2.05, 4.69) is 34.7 Å². The van der Waals surface area contributed by atoms with Crippen molar-refractivity contribution in [1.29, 1.82) is 0 Å². The number of halogens is 1. The van der Waals surface area contributed by atoms with Crippen LogP contribution in [-0.2, 0) is 20.8 Å². The van der Waals surface area contributed by atoms with Crippen LogP contribution >= 0.6 is 22.6 Å². The summed E-state index contributed by atoms with van der Waals surface area (Å²) in [7, 11) is 0. The van der Waals surface area contributed by atoms with E-state index < -0.39 is 18.0 Å². The molecule has 0 saturated carbocycles. The molecule has 4 saturated heterocycles. The maximum absolute atomic E-state index is 12.5. The van der Waals surface area contributed by atoms with Gasteiger partial charge in [-0.2, -0.15) is 0 Å². The van der Waals surface area contributed by atoms with Gasteiger partial charge in [0.25, 0.3) is 5.91 Å². The molecule has 0 spiro atoms. The molecule has 4 N–H and O–H groups in total. The second kappa shape index (κ2) is 11.1. The minimum absolute atomic E-state index is 0.000823. The van der Waals surface area contributed by atoms with Gasteiger partial charge >= 0.3 is 5.97 Å². The molecule has 2 bridgehead atoms. The molecule has 4 atom stereocenters. The molecule has 0 aliphatic carbocycles. The summed E-state index contributed by atoms with van der Waals surface area (Å²) in [5.41, 5.74) is 7.35. The molecule has 0 aromatic heterocycles. The monoisotopic (exact) mass is 666 g/mol. The zero-order valence-electron chi connectivity index (χ0n) is 23.1. The second-order valence-corrected chi connectivity index (χ2v) is 13.1. The lowest BCUT2D eigenvalue weighted by Gasteiger charge is -2.55. The molecule has 0 radical (unpaired) electrons. The highest BCUT2D eigenvalue weighted by Gasteiger charge is 2.59. The van der Waals surface area contributed by atoms with Crippen molar-refractivity contribution >= 4 is 40.4 Å². The Bertz CT molecular complexity index is 1250. The number of hydrogen-bond acceptors (Lipinski definition) is 5. The number of carbonyl (C=O) groups excluding carboxylic acids is 2. The van der Waals surface area contributed by atoms with Crippen LogP contribution in [0.3, 0.4) is 0 Å². The first-order chi connectivity index (χ1) is 19.0. The number of piperazine rings is 3. The van der Waals surface area contributed by atoms with E-state index in [0.717, 1.165) is 70.5 Å². The predicted molar refractivity (Wildman–Crippen MR) is 156 cm³/mol. The number of allylic oxidation sites excluding steroid dienone is 1. The minimum Gasteiger partial charge on any atom is -0.488 e. The molecule has 3 unspecified atom stereocenters. The topological polar surface area (TPSA) is 130 Å². The Morgan fingerprint density at radius 1 is 1.20 bits per heavy atom. The van der Waals surface area contributed by atoms with Crippen LogP contribution in [0, 0.1) is 15.4 Å². The number of ether oxygens (including phenoxy) is 1. The van der Waals surface area contributed by atoms with Crippen molar-refractivity contribution in [2.24, 2.45) is 17.6 Å². The zero-order chi connectivity index (χ0) is 28.8. The smallest absolute Gasteiger partial charge is 0.352 e. The van der Waals surface area contributed by atoms with Gasteiger partial charge in [-0.25, -0.2) is 4.79 Å². The van der Waals surface area contributed by atoms with E-state index in [1.54, 1.807) is 19.1 Å². The van der Waals surface area contributed by atoms with E-state index in [4.69, 9.17) is 10.5 Å². The van der Waals surface area contributed by atoms with E-state index in [9.17, 15) is 24.6 Å². The Balaban J connectivity index is 1.16. The molecule has 2 amide bonds. The number of aliphatic hydroxyl groups excluding tert-OH is 1. The molecule has 10 nitrogen and oxygen atoms in total. The average Bonchev–Trinajstić information content (AvgIpc) is 3.14. The second-order valence-electron chi connectivity index (χ2n) is 12.0. The summed E-state index contributed by atoms with van der Waals surface area (Å²) in [6.45, 7) is 11.7. The summed E-state index contributed by atoms with van der Waals surface area (Å²) >= 11 is 2.29. The number of hydrogen-bond donors (Lipinski definition) is 3. The van der Waals surface area contributed by atoms with Crippen molar-refractivity contribution in [3.8, 4) is 5.75 Å². The number of benzene rings is 1. The summed E-state index contributed by atoms with van der Waals surface area (Å²) < 4.78 is 8.99. The summed E-state index contributed by atoms with van der Waals surface area (Å²) in [6.07, 6.45) is 3.69. The van der Waals surface area contributed by atoms with Gasteiger partial charge in [0, 0.05) is 12.3 Å². The number of carbonyl (C=O) groups is 3. The summed E-state index contributed by atoms with van der Waals surface area (Å²) in [6, 6.07) is 5.93. The van der Waals surface area contributed by atoms with Gasteiger partial charge in [0.05, 0.1) is 28.2 Å². The quantitative estimate of drug-likeness (QED) is 0.185. The van der Waals surface area contributed by atoms with Crippen molar-refractivity contribution in [2.75, 3.05) is 59.0 Å². The van der Waals surface area contributed by atoms with E-state index in [-0.39, 0.29) is 36.1 Å². The highest BCUT2D eigenvalue weighted by atomic mass is 127. The number of quaternary nitrogens is 2. The molecule has 1 aromatic carbocycles. The molecule has 40 heavy (non-hydrogen) atoms. The highest BCUT2D eigenvalue weighted by Crippen LogP contribution is 2.47. The molecule has 5 aliphatic heterocycles. The van der Waals surface area contributed by atoms with Crippen LogP contribution in [0.4, 0.5) is 0 Å². The van der Waals surface area contributed by atoms with Crippen LogP contribution < -0.4 is 10.5 Å². The van der Waals surface area contributed by atoms with Crippen LogP contribution in [0.25, 0.3) is 0 Å². The lowest BCUT2D eigenvalue weighted by atomic mass is 9.78. The van der Waals surface area contributed by atoms with Crippen molar-refractivity contribution in [1.82, 2.24) is 4.90 Å². The molecule has 11 heteroatoms. The number of nitrogens with two attached hydrogens (primary N) is 1. The normalized spacial score (nSPS) is 31.9. The van der Waals surface area contributed by atoms with Crippen LogP contribution in [-0.4, -0.2) is 113 Å². The molecule has 1 aromatic rings. The Hall–Kier alpha value is -2.48. The molecular formula is C29H39IN4O6+2. The Morgan fingerprint density at radius 2 is 1.85 bits per heavy atom. The third kappa shape index (κ3) is 5.28. The molecule has 216 valence electrons. The predicted octanol–water partition coefficient (Wildman–Crippen LogP) is 1.11. The summed E-state index contributed by atoms with van der Waals surface area (Å²) in [5.74, 6) is -1.66. The van der Waals surface area contributed by atoms with Crippen molar-refractivity contribution in [3.05, 3.63) is 50.8 Å². The number of primary amides is 1. The first kappa shape index (κ1) is 29.0. The van der Waals surface area contributed by atoms with Gasteiger partial charge in [-0.3, -0.25) is 9.59 Å². The van der Waals surface area contributed by atoms with E-state index in [1.165, 1.54) is 10.5 Å². The fourth-order valence-corrected chi connectivity index (χ4v) is 7.89. The first-order valence-electron chi connectivity index (χ1n) is 14.0. The third-order valence-electron chi connectivity index (χ3n) is 9.57. The lowest BCUT2D eigenvalue weighted by molar-refractivity contribution is -1.08. The standard InChI is InChI=1S/C29H37IN4O6/c1-18-21(27(29(38)39)32-26(18)25(19(2)35)28(32)37)4-3-15-40-23-6-5-20(16-22(23)30)7-8-33-9-12-34(13-10-33,14-11-33)17-24(31)36/h3-6,16,18-19,25-26,35H,7-15,17H2,1-2H3,(H-2,31,36,38,39)/p+2/t18-,19?,25?,26?,33?,34?/m0/s1.